The van der Waals surface area contributed by atoms with Crippen LogP contribution in [0, 0.1) is 0 Å². The molecule has 1 heterocycles. The normalized spacial score (nSPS) is 12.1. The second kappa shape index (κ2) is 6.60. The highest BCUT2D eigenvalue weighted by molar-refractivity contribution is 5.69. The predicted molar refractivity (Wildman–Crippen MR) is 70.5 cm³/mol. The first kappa shape index (κ1) is 15.6. The lowest BCUT2D eigenvalue weighted by atomic mass is 10.1. The number of unbranched alkanes of at least 4 members (excludes halogenated alkanes) is 1. The lowest BCUT2D eigenvalue weighted by Crippen LogP contribution is -2.44. The first-order chi connectivity index (χ1) is 8.84. The zero-order chi connectivity index (χ0) is 14.5. The van der Waals surface area contributed by atoms with Gasteiger partial charge in [-0.2, -0.15) is 0 Å². The van der Waals surface area contributed by atoms with Crippen LogP contribution in [0.5, 0.6) is 0 Å². The molecule has 0 fully saturated rings. The highest BCUT2D eigenvalue weighted by atomic mass is 16.4. The maximum atomic E-state index is 10.9. The lowest BCUT2D eigenvalue weighted by molar-refractivity contribution is -0.140. The molecule has 0 aliphatic rings. The Kier molecular flexibility index (Phi) is 5.41. The van der Waals surface area contributed by atoms with Gasteiger partial charge in [0.2, 0.25) is 0 Å². The van der Waals surface area contributed by atoms with E-state index in [0.717, 1.165) is 19.4 Å². The van der Waals surface area contributed by atoms with Gasteiger partial charge in [-0.15, -0.1) is 5.10 Å². The summed E-state index contributed by atoms with van der Waals surface area (Å²) in [5, 5.41) is 20.6. The third-order valence-electron chi connectivity index (χ3n) is 2.94. The van der Waals surface area contributed by atoms with Gasteiger partial charge < -0.3 is 5.11 Å². The molecule has 0 saturated heterocycles. The topological polar surface area (TPSA) is 84.1 Å². The fourth-order valence-electron chi connectivity index (χ4n) is 1.68. The van der Waals surface area contributed by atoms with E-state index in [-0.39, 0.29) is 12.1 Å². The highest BCUT2D eigenvalue weighted by Gasteiger charge is 2.25. The SMILES string of the molecule is CCCCn1nnnc1CN(CC(=O)O)C(C)(C)C. The van der Waals surface area contributed by atoms with Gasteiger partial charge in [0.05, 0.1) is 13.1 Å². The maximum absolute atomic E-state index is 10.9. The number of nitrogens with zero attached hydrogens (tertiary/aromatic N) is 5. The molecule has 0 radical (unpaired) electrons. The average Bonchev–Trinajstić information content (AvgIpc) is 2.71. The number of carboxylic acids is 1. The minimum absolute atomic E-state index is 0.0237. The van der Waals surface area contributed by atoms with Crippen molar-refractivity contribution in [2.24, 2.45) is 0 Å². The Morgan fingerprint density at radius 3 is 2.63 bits per heavy atom. The second-order valence-electron chi connectivity index (χ2n) is 5.59. The summed E-state index contributed by atoms with van der Waals surface area (Å²) < 4.78 is 1.75. The molecular formula is C12H23N5O2. The molecule has 0 saturated carbocycles. The van der Waals surface area contributed by atoms with Crippen LogP contribution in [0.15, 0.2) is 0 Å². The quantitative estimate of drug-likeness (QED) is 0.799. The van der Waals surface area contributed by atoms with Gasteiger partial charge in [-0.3, -0.25) is 9.69 Å². The summed E-state index contributed by atoms with van der Waals surface area (Å²) in [7, 11) is 0. The molecule has 7 heteroatoms. The predicted octanol–water partition coefficient (Wildman–Crippen LogP) is 1.16. The van der Waals surface area contributed by atoms with Crippen molar-refractivity contribution in [1.82, 2.24) is 25.1 Å². The number of aromatic nitrogens is 4. The molecule has 0 aliphatic carbocycles. The number of rotatable bonds is 7. The molecule has 1 aromatic heterocycles. The van der Waals surface area contributed by atoms with Crippen molar-refractivity contribution in [3.05, 3.63) is 5.82 Å². The van der Waals surface area contributed by atoms with Crippen LogP contribution in [0.2, 0.25) is 0 Å². The van der Waals surface area contributed by atoms with Crippen LogP contribution in [-0.2, 0) is 17.9 Å². The molecule has 0 amide bonds. The number of hydrogen-bond acceptors (Lipinski definition) is 5. The summed E-state index contributed by atoms with van der Waals surface area (Å²) in [5.41, 5.74) is -0.250. The van der Waals surface area contributed by atoms with Crippen molar-refractivity contribution in [3.8, 4) is 0 Å². The lowest BCUT2D eigenvalue weighted by Gasteiger charge is -2.33. The molecule has 0 aromatic carbocycles. The van der Waals surface area contributed by atoms with Gasteiger partial charge in [0.1, 0.15) is 0 Å². The van der Waals surface area contributed by atoms with Crippen molar-refractivity contribution >= 4 is 5.97 Å². The van der Waals surface area contributed by atoms with Crippen LogP contribution >= 0.6 is 0 Å². The van der Waals surface area contributed by atoms with Crippen molar-refractivity contribution in [2.75, 3.05) is 6.54 Å². The van der Waals surface area contributed by atoms with Gasteiger partial charge in [-0.25, -0.2) is 4.68 Å². The molecule has 0 bridgehead atoms. The molecule has 1 rings (SSSR count). The van der Waals surface area contributed by atoms with Crippen LogP contribution in [0.25, 0.3) is 0 Å². The van der Waals surface area contributed by atoms with E-state index >= 15 is 0 Å². The highest BCUT2D eigenvalue weighted by Crippen LogP contribution is 2.15. The maximum Gasteiger partial charge on any atom is 0.317 e. The standard InChI is InChI=1S/C12H23N5O2/c1-5-6-7-17-10(13-14-15-17)8-16(9-11(18)19)12(2,3)4/h5-9H2,1-4H3,(H,18,19). The molecule has 1 aromatic rings. The summed E-state index contributed by atoms with van der Waals surface area (Å²) in [6.07, 6.45) is 2.07. The first-order valence-corrected chi connectivity index (χ1v) is 6.56. The summed E-state index contributed by atoms with van der Waals surface area (Å²) in [6, 6.07) is 0. The van der Waals surface area contributed by atoms with Gasteiger partial charge in [-0.1, -0.05) is 13.3 Å². The van der Waals surface area contributed by atoms with Crippen molar-refractivity contribution in [2.45, 2.75) is 59.2 Å². The minimum Gasteiger partial charge on any atom is -0.480 e. The van der Waals surface area contributed by atoms with E-state index in [1.165, 1.54) is 0 Å². The van der Waals surface area contributed by atoms with Gasteiger partial charge in [0.25, 0.3) is 0 Å². The average molecular weight is 269 g/mol. The summed E-state index contributed by atoms with van der Waals surface area (Å²) in [4.78, 5) is 12.8. The Hall–Kier alpha value is -1.50. The fraction of sp³-hybridized carbons (Fsp3) is 0.833. The van der Waals surface area contributed by atoms with Crippen LogP contribution in [0.3, 0.4) is 0 Å². The summed E-state index contributed by atoms with van der Waals surface area (Å²) in [5.74, 6) is -0.132. The van der Waals surface area contributed by atoms with E-state index in [0.29, 0.717) is 12.4 Å². The first-order valence-electron chi connectivity index (χ1n) is 6.56. The zero-order valence-corrected chi connectivity index (χ0v) is 12.1. The number of aliphatic carboxylic acids is 1. The number of aryl methyl sites for hydroxylation is 1. The van der Waals surface area contributed by atoms with E-state index in [2.05, 4.69) is 22.4 Å². The summed E-state index contributed by atoms with van der Waals surface area (Å²) >= 11 is 0. The number of carboxylic acid groups (broad SMARTS) is 1. The molecular weight excluding hydrogens is 246 g/mol. The molecule has 19 heavy (non-hydrogen) atoms. The van der Waals surface area contributed by atoms with E-state index in [1.54, 1.807) is 4.68 Å². The minimum atomic E-state index is -0.845. The molecule has 0 atom stereocenters. The van der Waals surface area contributed by atoms with Crippen molar-refractivity contribution < 1.29 is 9.90 Å². The van der Waals surface area contributed by atoms with E-state index in [4.69, 9.17) is 5.11 Å². The smallest absolute Gasteiger partial charge is 0.317 e. The Bertz CT molecular complexity index is 410. The third-order valence-corrected chi connectivity index (χ3v) is 2.94. The van der Waals surface area contributed by atoms with Crippen LogP contribution in [0.4, 0.5) is 0 Å². The van der Waals surface area contributed by atoms with Gasteiger partial charge in [0.15, 0.2) is 5.82 Å². The van der Waals surface area contributed by atoms with E-state index in [1.807, 2.05) is 25.7 Å². The van der Waals surface area contributed by atoms with Gasteiger partial charge >= 0.3 is 5.97 Å². The fourth-order valence-corrected chi connectivity index (χ4v) is 1.68. The van der Waals surface area contributed by atoms with E-state index in [9.17, 15) is 4.79 Å². The Balaban J connectivity index is 2.78. The number of carbonyl (C=O) groups is 1. The van der Waals surface area contributed by atoms with Gasteiger partial charge in [0, 0.05) is 12.1 Å². The Morgan fingerprint density at radius 1 is 1.42 bits per heavy atom. The van der Waals surface area contributed by atoms with Crippen molar-refractivity contribution in [1.29, 1.82) is 0 Å². The monoisotopic (exact) mass is 269 g/mol. The molecule has 0 unspecified atom stereocenters. The Labute approximate surface area is 113 Å². The largest absolute Gasteiger partial charge is 0.480 e. The third kappa shape index (κ3) is 4.94. The molecule has 1 N–H and O–H groups in total. The number of tetrazole rings is 1. The molecule has 0 aliphatic heterocycles. The Morgan fingerprint density at radius 2 is 2.11 bits per heavy atom. The van der Waals surface area contributed by atoms with Crippen LogP contribution in [0.1, 0.15) is 46.4 Å². The molecule has 0 spiro atoms. The van der Waals surface area contributed by atoms with Crippen molar-refractivity contribution in [3.63, 3.8) is 0 Å². The van der Waals surface area contributed by atoms with Crippen LogP contribution in [-0.4, -0.2) is 48.3 Å². The molecule has 108 valence electrons. The second-order valence-corrected chi connectivity index (χ2v) is 5.59. The van der Waals surface area contributed by atoms with Crippen LogP contribution < -0.4 is 0 Å². The van der Waals surface area contributed by atoms with E-state index < -0.39 is 5.97 Å². The number of hydrogen-bond donors (Lipinski definition) is 1. The molecule has 7 nitrogen and oxygen atoms in total. The van der Waals surface area contributed by atoms with Gasteiger partial charge in [-0.05, 0) is 37.6 Å². The summed E-state index contributed by atoms with van der Waals surface area (Å²) in [6.45, 7) is 9.23. The zero-order valence-electron chi connectivity index (χ0n) is 12.1.